The van der Waals surface area contributed by atoms with E-state index in [1.54, 1.807) is 25.1 Å². The SMILES string of the molecule is CCOC(=O)C[C@@H](N)c1cc(C)ccc1O.Cl. The van der Waals surface area contributed by atoms with E-state index in [2.05, 4.69) is 0 Å². The lowest BCUT2D eigenvalue weighted by atomic mass is 10.0. The third-order valence-electron chi connectivity index (χ3n) is 2.27. The van der Waals surface area contributed by atoms with Crippen molar-refractivity contribution < 1.29 is 14.6 Å². The van der Waals surface area contributed by atoms with Gasteiger partial charge < -0.3 is 15.6 Å². The molecule has 5 heteroatoms. The van der Waals surface area contributed by atoms with Crippen LogP contribution in [-0.4, -0.2) is 17.7 Å². The van der Waals surface area contributed by atoms with E-state index in [1.807, 2.05) is 6.92 Å². The Morgan fingerprint density at radius 3 is 2.76 bits per heavy atom. The number of aromatic hydroxyl groups is 1. The average molecular weight is 260 g/mol. The summed E-state index contributed by atoms with van der Waals surface area (Å²) in [4.78, 5) is 11.2. The minimum absolute atomic E-state index is 0. The number of aryl methyl sites for hydroxylation is 1. The van der Waals surface area contributed by atoms with E-state index < -0.39 is 6.04 Å². The van der Waals surface area contributed by atoms with Crippen LogP contribution in [0.25, 0.3) is 0 Å². The molecule has 1 atom stereocenters. The fraction of sp³-hybridized carbons (Fsp3) is 0.417. The van der Waals surface area contributed by atoms with Crippen LogP contribution in [0.15, 0.2) is 18.2 Å². The molecule has 0 aliphatic rings. The topological polar surface area (TPSA) is 72.5 Å². The second-order valence-electron chi connectivity index (χ2n) is 3.68. The molecule has 0 bridgehead atoms. The predicted octanol–water partition coefficient (Wildman–Crippen LogP) is 2.08. The summed E-state index contributed by atoms with van der Waals surface area (Å²) >= 11 is 0. The highest BCUT2D eigenvalue weighted by molar-refractivity contribution is 5.85. The molecule has 0 aromatic heterocycles. The largest absolute Gasteiger partial charge is 0.508 e. The van der Waals surface area contributed by atoms with Gasteiger partial charge in [-0.1, -0.05) is 17.7 Å². The number of hydrogen-bond acceptors (Lipinski definition) is 4. The van der Waals surface area contributed by atoms with Crippen LogP contribution in [0.4, 0.5) is 0 Å². The Balaban J connectivity index is 0.00000256. The van der Waals surface area contributed by atoms with Crippen molar-refractivity contribution in [2.75, 3.05) is 6.61 Å². The maximum Gasteiger partial charge on any atom is 0.307 e. The lowest BCUT2D eigenvalue weighted by Gasteiger charge is -2.13. The van der Waals surface area contributed by atoms with Gasteiger partial charge in [-0.2, -0.15) is 0 Å². The molecule has 0 fully saturated rings. The van der Waals surface area contributed by atoms with Gasteiger partial charge in [-0.3, -0.25) is 4.79 Å². The van der Waals surface area contributed by atoms with Crippen LogP contribution in [0.5, 0.6) is 5.75 Å². The fourth-order valence-corrected chi connectivity index (χ4v) is 1.48. The van der Waals surface area contributed by atoms with Crippen molar-refractivity contribution in [3.8, 4) is 5.75 Å². The summed E-state index contributed by atoms with van der Waals surface area (Å²) < 4.78 is 4.80. The standard InChI is InChI=1S/C12H17NO3.ClH/c1-3-16-12(15)7-10(13)9-6-8(2)4-5-11(9)14;/h4-6,10,14H,3,7,13H2,1-2H3;1H/t10-;/m1./s1. The molecule has 0 saturated heterocycles. The molecule has 96 valence electrons. The molecule has 0 radical (unpaired) electrons. The van der Waals surface area contributed by atoms with E-state index in [0.29, 0.717) is 12.2 Å². The Kier molecular flexibility index (Phi) is 6.61. The summed E-state index contributed by atoms with van der Waals surface area (Å²) in [6.07, 6.45) is 0.0743. The molecule has 4 nitrogen and oxygen atoms in total. The number of carbonyl (C=O) groups excluding carboxylic acids is 1. The molecule has 0 aliphatic heterocycles. The summed E-state index contributed by atoms with van der Waals surface area (Å²) in [6, 6.07) is 4.61. The highest BCUT2D eigenvalue weighted by Gasteiger charge is 2.15. The zero-order valence-electron chi connectivity index (χ0n) is 9.97. The summed E-state index contributed by atoms with van der Waals surface area (Å²) in [6.45, 7) is 3.99. The molecule has 1 aromatic rings. The van der Waals surface area contributed by atoms with Crippen molar-refractivity contribution in [1.82, 2.24) is 0 Å². The number of phenols is 1. The summed E-state index contributed by atoms with van der Waals surface area (Å²) in [5, 5.41) is 9.62. The molecule has 1 aromatic carbocycles. The van der Waals surface area contributed by atoms with Crippen LogP contribution in [0.3, 0.4) is 0 Å². The Morgan fingerprint density at radius 2 is 2.18 bits per heavy atom. The second kappa shape index (κ2) is 7.14. The number of esters is 1. The molecular formula is C12H18ClNO3. The summed E-state index contributed by atoms with van der Waals surface area (Å²) in [5.74, 6) is -0.238. The Morgan fingerprint density at radius 1 is 1.53 bits per heavy atom. The summed E-state index contributed by atoms with van der Waals surface area (Å²) in [7, 11) is 0. The van der Waals surface area contributed by atoms with Crippen molar-refractivity contribution in [3.63, 3.8) is 0 Å². The van der Waals surface area contributed by atoms with E-state index in [-0.39, 0.29) is 30.5 Å². The molecule has 0 unspecified atom stereocenters. The van der Waals surface area contributed by atoms with Gasteiger partial charge in [-0.05, 0) is 19.9 Å². The van der Waals surface area contributed by atoms with Crippen molar-refractivity contribution in [2.24, 2.45) is 5.73 Å². The van der Waals surface area contributed by atoms with Crippen LogP contribution in [0.2, 0.25) is 0 Å². The number of benzene rings is 1. The Hall–Kier alpha value is -1.26. The van der Waals surface area contributed by atoms with Crippen molar-refractivity contribution in [3.05, 3.63) is 29.3 Å². The number of nitrogens with two attached hydrogens (primary N) is 1. The molecule has 1 rings (SSSR count). The Bertz CT molecular complexity index is 382. The van der Waals surface area contributed by atoms with Crippen LogP contribution >= 0.6 is 12.4 Å². The number of ether oxygens (including phenoxy) is 1. The molecule has 0 saturated carbocycles. The maximum absolute atomic E-state index is 11.2. The lowest BCUT2D eigenvalue weighted by molar-refractivity contribution is -0.143. The van der Waals surface area contributed by atoms with E-state index in [0.717, 1.165) is 5.56 Å². The van der Waals surface area contributed by atoms with E-state index in [9.17, 15) is 9.90 Å². The molecule has 0 aliphatic carbocycles. The molecule has 0 amide bonds. The van der Waals surface area contributed by atoms with Crippen molar-refractivity contribution in [2.45, 2.75) is 26.3 Å². The zero-order chi connectivity index (χ0) is 12.1. The number of hydrogen-bond donors (Lipinski definition) is 2. The molecule has 17 heavy (non-hydrogen) atoms. The molecule has 3 N–H and O–H groups in total. The van der Waals surface area contributed by atoms with Crippen LogP contribution in [0, 0.1) is 6.92 Å². The minimum atomic E-state index is -0.529. The first-order valence-electron chi connectivity index (χ1n) is 5.25. The fourth-order valence-electron chi connectivity index (χ4n) is 1.48. The van der Waals surface area contributed by atoms with Gasteiger partial charge in [0.05, 0.1) is 13.0 Å². The highest BCUT2D eigenvalue weighted by atomic mass is 35.5. The van der Waals surface area contributed by atoms with Gasteiger partial charge >= 0.3 is 5.97 Å². The van der Waals surface area contributed by atoms with Gasteiger partial charge in [0.1, 0.15) is 5.75 Å². The van der Waals surface area contributed by atoms with Crippen molar-refractivity contribution in [1.29, 1.82) is 0 Å². The first-order valence-corrected chi connectivity index (χ1v) is 5.25. The lowest BCUT2D eigenvalue weighted by Crippen LogP contribution is -2.17. The third-order valence-corrected chi connectivity index (χ3v) is 2.27. The number of phenolic OH excluding ortho intramolecular Hbond substituents is 1. The van der Waals surface area contributed by atoms with Gasteiger partial charge in [0.2, 0.25) is 0 Å². The van der Waals surface area contributed by atoms with Gasteiger partial charge in [0.25, 0.3) is 0 Å². The van der Waals surface area contributed by atoms with Gasteiger partial charge in [0.15, 0.2) is 0 Å². The average Bonchev–Trinajstić information content (AvgIpc) is 2.21. The monoisotopic (exact) mass is 259 g/mol. The predicted molar refractivity (Wildman–Crippen MR) is 68.3 cm³/mol. The normalized spacial score (nSPS) is 11.5. The van der Waals surface area contributed by atoms with Gasteiger partial charge in [-0.15, -0.1) is 12.4 Å². The molecule has 0 heterocycles. The minimum Gasteiger partial charge on any atom is -0.508 e. The van der Waals surface area contributed by atoms with Crippen LogP contribution < -0.4 is 5.73 Å². The number of carbonyl (C=O) groups is 1. The quantitative estimate of drug-likeness (QED) is 0.812. The van der Waals surface area contributed by atoms with E-state index in [1.165, 1.54) is 0 Å². The van der Waals surface area contributed by atoms with Crippen LogP contribution in [-0.2, 0) is 9.53 Å². The number of rotatable bonds is 4. The van der Waals surface area contributed by atoms with Gasteiger partial charge in [-0.25, -0.2) is 0 Å². The summed E-state index contributed by atoms with van der Waals surface area (Å²) in [5.41, 5.74) is 7.40. The van der Waals surface area contributed by atoms with E-state index >= 15 is 0 Å². The smallest absolute Gasteiger partial charge is 0.307 e. The second-order valence-corrected chi connectivity index (χ2v) is 3.68. The highest BCUT2D eigenvalue weighted by Crippen LogP contribution is 2.25. The molecular weight excluding hydrogens is 242 g/mol. The zero-order valence-corrected chi connectivity index (χ0v) is 10.8. The third kappa shape index (κ3) is 4.63. The van der Waals surface area contributed by atoms with Crippen LogP contribution in [0.1, 0.15) is 30.5 Å². The van der Waals surface area contributed by atoms with E-state index in [4.69, 9.17) is 10.5 Å². The number of halogens is 1. The van der Waals surface area contributed by atoms with Gasteiger partial charge in [0, 0.05) is 11.6 Å². The Labute approximate surface area is 107 Å². The maximum atomic E-state index is 11.2. The first-order chi connectivity index (χ1) is 7.54. The first kappa shape index (κ1) is 15.7. The van der Waals surface area contributed by atoms with Crippen molar-refractivity contribution >= 4 is 18.4 Å². The molecule has 0 spiro atoms.